The second-order valence-electron chi connectivity index (χ2n) is 7.16. The third kappa shape index (κ3) is 4.21. The number of piperidine rings is 1. The summed E-state index contributed by atoms with van der Waals surface area (Å²) in [6, 6.07) is 11.9. The molecule has 0 saturated carbocycles. The molecule has 0 radical (unpaired) electrons. The molecule has 1 saturated heterocycles. The van der Waals surface area contributed by atoms with Crippen molar-refractivity contribution in [3.8, 4) is 0 Å². The number of hydrogen-bond acceptors (Lipinski definition) is 4. The Hall–Kier alpha value is -2.63. The lowest BCUT2D eigenvalue weighted by atomic mass is 9.75. The number of carbonyl (C=O) groups is 2. The molecule has 0 aliphatic carbocycles. The maximum atomic E-state index is 12.9. The van der Waals surface area contributed by atoms with Crippen molar-refractivity contribution in [1.29, 1.82) is 0 Å². The highest BCUT2D eigenvalue weighted by Gasteiger charge is 2.44. The van der Waals surface area contributed by atoms with Crippen molar-refractivity contribution < 1.29 is 14.3 Å². The molecule has 27 heavy (non-hydrogen) atoms. The smallest absolute Gasteiger partial charge is 0.313 e. The highest BCUT2D eigenvalue weighted by molar-refractivity contribution is 5.93. The zero-order chi connectivity index (χ0) is 19.3. The molecule has 3 rings (SSSR count). The summed E-state index contributed by atoms with van der Waals surface area (Å²) in [5, 5.41) is 4.09. The molecule has 0 N–H and O–H groups in total. The number of aromatic nitrogens is 2. The molecule has 1 fully saturated rings. The van der Waals surface area contributed by atoms with Gasteiger partial charge in [0.05, 0.1) is 12.0 Å². The molecule has 2 aromatic rings. The van der Waals surface area contributed by atoms with Crippen molar-refractivity contribution in [2.24, 2.45) is 12.5 Å². The Bertz CT molecular complexity index is 787. The molecule has 1 unspecified atom stereocenters. The van der Waals surface area contributed by atoms with Crippen LogP contribution in [0.5, 0.6) is 0 Å². The normalized spacial score (nSPS) is 19.7. The summed E-state index contributed by atoms with van der Waals surface area (Å²) in [6.45, 7) is 3.21. The van der Waals surface area contributed by atoms with Gasteiger partial charge in [0.15, 0.2) is 0 Å². The van der Waals surface area contributed by atoms with Crippen LogP contribution in [0.3, 0.4) is 0 Å². The van der Waals surface area contributed by atoms with Crippen LogP contribution in [0.1, 0.15) is 42.2 Å². The molecular formula is C21H27N3O3. The second-order valence-corrected chi connectivity index (χ2v) is 7.16. The maximum Gasteiger partial charge on any atom is 0.313 e. The van der Waals surface area contributed by atoms with Gasteiger partial charge in [-0.2, -0.15) is 5.10 Å². The molecule has 6 heteroatoms. The van der Waals surface area contributed by atoms with E-state index in [9.17, 15) is 9.59 Å². The average Bonchev–Trinajstić information content (AvgIpc) is 3.13. The summed E-state index contributed by atoms with van der Waals surface area (Å²) in [7, 11) is 1.76. The van der Waals surface area contributed by atoms with E-state index in [0.29, 0.717) is 31.8 Å². The van der Waals surface area contributed by atoms with Crippen LogP contribution >= 0.6 is 0 Å². The highest BCUT2D eigenvalue weighted by Crippen LogP contribution is 2.36. The first-order valence-corrected chi connectivity index (χ1v) is 9.54. The van der Waals surface area contributed by atoms with Gasteiger partial charge in [0, 0.05) is 26.3 Å². The Labute approximate surface area is 160 Å². The van der Waals surface area contributed by atoms with Gasteiger partial charge in [-0.15, -0.1) is 0 Å². The van der Waals surface area contributed by atoms with Gasteiger partial charge in [0.25, 0.3) is 5.91 Å². The summed E-state index contributed by atoms with van der Waals surface area (Å²) in [4.78, 5) is 27.6. The summed E-state index contributed by atoms with van der Waals surface area (Å²) in [5.41, 5.74) is 1.08. The molecule has 1 aliphatic rings. The molecule has 2 heterocycles. The Morgan fingerprint density at radius 1 is 1.22 bits per heavy atom. The van der Waals surface area contributed by atoms with E-state index in [1.807, 2.05) is 25.1 Å². The molecule has 0 bridgehead atoms. The van der Waals surface area contributed by atoms with Crippen LogP contribution in [0, 0.1) is 5.41 Å². The maximum absolute atomic E-state index is 12.9. The van der Waals surface area contributed by atoms with Crippen LogP contribution in [0.25, 0.3) is 0 Å². The number of carbonyl (C=O) groups excluding carboxylic acids is 2. The summed E-state index contributed by atoms with van der Waals surface area (Å²) >= 11 is 0. The summed E-state index contributed by atoms with van der Waals surface area (Å²) in [6.07, 6.45) is 4.61. The van der Waals surface area contributed by atoms with E-state index in [1.165, 1.54) is 5.56 Å². The van der Waals surface area contributed by atoms with Gasteiger partial charge in [-0.25, -0.2) is 0 Å². The quantitative estimate of drug-likeness (QED) is 0.735. The van der Waals surface area contributed by atoms with Crippen molar-refractivity contribution in [3.63, 3.8) is 0 Å². The Morgan fingerprint density at radius 2 is 2.00 bits per heavy atom. The molecule has 1 aliphatic heterocycles. The van der Waals surface area contributed by atoms with E-state index >= 15 is 0 Å². The van der Waals surface area contributed by atoms with Crippen molar-refractivity contribution in [3.05, 3.63) is 53.9 Å². The summed E-state index contributed by atoms with van der Waals surface area (Å²) in [5.74, 6) is -0.272. The number of ether oxygens (including phenoxy) is 1. The molecule has 1 atom stereocenters. The highest BCUT2D eigenvalue weighted by atomic mass is 16.5. The van der Waals surface area contributed by atoms with Crippen LogP contribution in [-0.4, -0.2) is 46.3 Å². The lowest BCUT2D eigenvalue weighted by Gasteiger charge is -2.41. The summed E-state index contributed by atoms with van der Waals surface area (Å²) < 4.78 is 7.00. The van der Waals surface area contributed by atoms with E-state index in [2.05, 4.69) is 17.2 Å². The third-order valence-corrected chi connectivity index (χ3v) is 5.35. The first kappa shape index (κ1) is 19.1. The van der Waals surface area contributed by atoms with E-state index in [0.717, 1.165) is 19.3 Å². The monoisotopic (exact) mass is 369 g/mol. The molecule has 1 aromatic carbocycles. The number of nitrogens with zero attached hydrogens (tertiary/aromatic N) is 3. The molecule has 1 amide bonds. The van der Waals surface area contributed by atoms with Gasteiger partial charge >= 0.3 is 5.97 Å². The van der Waals surface area contributed by atoms with Crippen molar-refractivity contribution >= 4 is 11.9 Å². The fourth-order valence-electron chi connectivity index (χ4n) is 3.84. The van der Waals surface area contributed by atoms with E-state index in [-0.39, 0.29) is 11.9 Å². The number of rotatable bonds is 6. The van der Waals surface area contributed by atoms with Crippen molar-refractivity contribution in [2.75, 3.05) is 19.7 Å². The van der Waals surface area contributed by atoms with Gasteiger partial charge < -0.3 is 9.64 Å². The number of esters is 1. The minimum absolute atomic E-state index is 0.0805. The van der Waals surface area contributed by atoms with Crippen molar-refractivity contribution in [2.45, 2.75) is 32.6 Å². The predicted molar refractivity (Wildman–Crippen MR) is 102 cm³/mol. The topological polar surface area (TPSA) is 64.4 Å². The zero-order valence-corrected chi connectivity index (χ0v) is 16.1. The fraction of sp³-hybridized carbons (Fsp3) is 0.476. The first-order valence-electron chi connectivity index (χ1n) is 9.54. The fourth-order valence-corrected chi connectivity index (χ4v) is 3.84. The second kappa shape index (κ2) is 8.37. The first-order chi connectivity index (χ1) is 13.1. The lowest BCUT2D eigenvalue weighted by Crippen LogP contribution is -2.51. The standard InChI is InChI=1S/C21H27N3O3/c1-3-27-20(26)21(13-10-17-8-5-4-6-9-17)12-7-15-24(16-21)19(25)18-11-14-22-23(18)2/h4-6,8-9,11,14H,3,7,10,12-13,15-16H2,1-2H3. The molecule has 1 aromatic heterocycles. The Balaban J connectivity index is 1.80. The van der Waals surface area contributed by atoms with Crippen LogP contribution < -0.4 is 0 Å². The van der Waals surface area contributed by atoms with Crippen LogP contribution in [0.15, 0.2) is 42.6 Å². The van der Waals surface area contributed by atoms with Gasteiger partial charge in [-0.05, 0) is 44.2 Å². The van der Waals surface area contributed by atoms with Crippen LogP contribution in [-0.2, 0) is 23.0 Å². The predicted octanol–water partition coefficient (Wildman–Crippen LogP) is 2.84. The van der Waals surface area contributed by atoms with E-state index < -0.39 is 5.41 Å². The zero-order valence-electron chi connectivity index (χ0n) is 16.1. The van der Waals surface area contributed by atoms with Crippen LogP contribution in [0.4, 0.5) is 0 Å². The molecule has 144 valence electrons. The number of benzene rings is 1. The third-order valence-electron chi connectivity index (χ3n) is 5.35. The van der Waals surface area contributed by atoms with Gasteiger partial charge in [0.2, 0.25) is 0 Å². The number of amides is 1. The lowest BCUT2D eigenvalue weighted by molar-refractivity contribution is -0.159. The van der Waals surface area contributed by atoms with Crippen LogP contribution in [0.2, 0.25) is 0 Å². The average molecular weight is 369 g/mol. The number of likely N-dealkylation sites (tertiary alicyclic amines) is 1. The number of aryl methyl sites for hydroxylation is 2. The van der Waals surface area contributed by atoms with E-state index in [1.54, 1.807) is 28.9 Å². The Morgan fingerprint density at radius 3 is 2.67 bits per heavy atom. The van der Waals surface area contributed by atoms with Gasteiger partial charge in [-0.1, -0.05) is 30.3 Å². The molecule has 6 nitrogen and oxygen atoms in total. The van der Waals surface area contributed by atoms with Gasteiger partial charge in [0.1, 0.15) is 5.69 Å². The molecule has 0 spiro atoms. The minimum atomic E-state index is -0.654. The van der Waals surface area contributed by atoms with Crippen molar-refractivity contribution in [1.82, 2.24) is 14.7 Å². The van der Waals surface area contributed by atoms with Gasteiger partial charge in [-0.3, -0.25) is 14.3 Å². The van der Waals surface area contributed by atoms with E-state index in [4.69, 9.17) is 4.74 Å². The number of hydrogen-bond donors (Lipinski definition) is 0. The SMILES string of the molecule is CCOC(=O)C1(CCc2ccccc2)CCCN(C(=O)c2ccnn2C)C1. The molecular weight excluding hydrogens is 342 g/mol. The largest absolute Gasteiger partial charge is 0.466 e. The minimum Gasteiger partial charge on any atom is -0.466 e. The Kier molecular flexibility index (Phi) is 5.94.